The Morgan fingerprint density at radius 2 is 1.70 bits per heavy atom. The predicted octanol–water partition coefficient (Wildman–Crippen LogP) is 2.98. The maximum Gasteiger partial charge on any atom is 0.343 e. The van der Waals surface area contributed by atoms with Crippen LogP contribution in [-0.4, -0.2) is 39.5 Å². The first-order chi connectivity index (χ1) is 12.3. The van der Waals surface area contributed by atoms with E-state index in [4.69, 9.17) is 0 Å². The minimum absolute atomic E-state index is 0.119. The summed E-state index contributed by atoms with van der Waals surface area (Å²) in [5.41, 5.74) is 2.66. The minimum atomic E-state index is -5.07. The van der Waals surface area contributed by atoms with Gasteiger partial charge in [-0.3, -0.25) is 13.8 Å². The summed E-state index contributed by atoms with van der Waals surface area (Å²) in [6, 6.07) is 0. The molecule has 0 bridgehead atoms. The summed E-state index contributed by atoms with van der Waals surface area (Å²) in [5, 5.41) is 7.66. The van der Waals surface area contributed by atoms with Crippen LogP contribution in [0.25, 0.3) is 0 Å². The van der Waals surface area contributed by atoms with Crippen molar-refractivity contribution in [3.8, 4) is 0 Å². The average Bonchev–Trinajstić information content (AvgIpc) is 2.91. The van der Waals surface area contributed by atoms with Gasteiger partial charge in [-0.05, 0) is 47.0 Å². The molecule has 9 nitrogen and oxygen atoms in total. The molecule has 0 unspecified atom stereocenters. The van der Waals surface area contributed by atoms with E-state index >= 15 is 0 Å². The Labute approximate surface area is 159 Å². The van der Waals surface area contributed by atoms with Crippen molar-refractivity contribution in [2.45, 2.75) is 64.8 Å². The number of nitrogens with zero attached hydrogens (tertiary/aromatic N) is 3. The Balaban J connectivity index is 2.72. The third-order valence-electron chi connectivity index (χ3n) is 4.30. The SMILES string of the molecule is CC(C)=CCC/C(C)=C/CCn1cc(CC(C)(P(=O)(O)O)P(=O)(O)O)nn1. The summed E-state index contributed by atoms with van der Waals surface area (Å²) in [5.74, 6) is 0. The van der Waals surface area contributed by atoms with Crippen LogP contribution in [0.3, 0.4) is 0 Å². The Morgan fingerprint density at radius 3 is 2.22 bits per heavy atom. The number of rotatable bonds is 10. The molecule has 11 heteroatoms. The van der Waals surface area contributed by atoms with E-state index in [-0.39, 0.29) is 5.69 Å². The molecule has 0 fully saturated rings. The Hall–Kier alpha value is -1.08. The molecule has 0 atom stereocenters. The van der Waals surface area contributed by atoms with Gasteiger partial charge in [0.2, 0.25) is 0 Å². The van der Waals surface area contributed by atoms with Gasteiger partial charge in [-0.15, -0.1) is 5.10 Å². The van der Waals surface area contributed by atoms with Gasteiger partial charge in [-0.25, -0.2) is 0 Å². The van der Waals surface area contributed by atoms with E-state index < -0.39 is 26.5 Å². The maximum atomic E-state index is 11.6. The van der Waals surface area contributed by atoms with Crippen LogP contribution in [0.15, 0.2) is 29.5 Å². The lowest BCUT2D eigenvalue weighted by atomic mass is 10.1. The molecule has 27 heavy (non-hydrogen) atoms. The second-order valence-corrected chi connectivity index (χ2v) is 11.6. The van der Waals surface area contributed by atoms with Gasteiger partial charge < -0.3 is 19.6 Å². The zero-order valence-electron chi connectivity index (χ0n) is 16.1. The van der Waals surface area contributed by atoms with Crippen molar-refractivity contribution in [3.63, 3.8) is 0 Å². The molecule has 154 valence electrons. The summed E-state index contributed by atoms with van der Waals surface area (Å²) in [4.78, 5) is 35.1. The van der Waals surface area contributed by atoms with E-state index in [0.29, 0.717) is 13.0 Å². The molecule has 4 N–H and O–H groups in total. The molecule has 0 spiro atoms. The van der Waals surface area contributed by atoms with Crippen LogP contribution in [0.5, 0.6) is 0 Å². The van der Waals surface area contributed by atoms with Crippen molar-refractivity contribution in [2.75, 3.05) is 0 Å². The Bertz CT molecular complexity index is 764. The summed E-state index contributed by atoms with van der Waals surface area (Å²) in [6.07, 6.45) is 7.82. The second kappa shape index (κ2) is 9.41. The van der Waals surface area contributed by atoms with E-state index in [2.05, 4.69) is 43.2 Å². The Morgan fingerprint density at radius 1 is 1.11 bits per heavy atom. The van der Waals surface area contributed by atoms with Crippen molar-refractivity contribution in [1.82, 2.24) is 15.0 Å². The van der Waals surface area contributed by atoms with Gasteiger partial charge in [0.15, 0.2) is 4.90 Å². The van der Waals surface area contributed by atoms with Crippen LogP contribution in [-0.2, 0) is 22.1 Å². The smallest absolute Gasteiger partial charge is 0.324 e. The number of hydrogen-bond acceptors (Lipinski definition) is 4. The van der Waals surface area contributed by atoms with Crippen molar-refractivity contribution in [2.24, 2.45) is 0 Å². The number of aryl methyl sites for hydroxylation is 1. The fourth-order valence-corrected chi connectivity index (χ4v) is 4.47. The van der Waals surface area contributed by atoms with E-state index in [0.717, 1.165) is 19.8 Å². The molecule has 0 saturated heterocycles. The van der Waals surface area contributed by atoms with Gasteiger partial charge in [-0.1, -0.05) is 28.5 Å². The molecule has 0 aromatic carbocycles. The third-order valence-corrected chi connectivity index (χ3v) is 8.69. The highest BCUT2D eigenvalue weighted by molar-refractivity contribution is 7.72. The maximum absolute atomic E-state index is 11.6. The highest BCUT2D eigenvalue weighted by Gasteiger charge is 2.56. The number of allylic oxidation sites excluding steroid dienone is 4. The molecule has 0 aliphatic rings. The van der Waals surface area contributed by atoms with Gasteiger partial charge >= 0.3 is 15.2 Å². The van der Waals surface area contributed by atoms with Gasteiger partial charge in [0.25, 0.3) is 0 Å². The molecule has 0 aliphatic heterocycles. The standard InChI is InChI=1S/C16H29N3O6P2/c1-13(2)7-5-8-14(3)9-6-10-19-12-15(17-18-19)11-16(4,26(20,21)22)27(23,24)25/h7,9,12H,5-6,8,10-11H2,1-4H3,(H2,20,21,22)(H2,23,24,25)/b14-9+. The summed E-state index contributed by atoms with van der Waals surface area (Å²) in [7, 11) is -10.1. The van der Waals surface area contributed by atoms with Gasteiger partial charge in [0, 0.05) is 19.2 Å². The van der Waals surface area contributed by atoms with Crippen LogP contribution in [0, 0.1) is 0 Å². The highest BCUT2D eigenvalue weighted by Crippen LogP contribution is 2.69. The lowest BCUT2D eigenvalue weighted by Gasteiger charge is -2.29. The molecule has 0 saturated carbocycles. The van der Waals surface area contributed by atoms with Crippen molar-refractivity contribution >= 4 is 15.2 Å². The normalized spacial score (nSPS) is 13.7. The van der Waals surface area contributed by atoms with Gasteiger partial charge in [0.1, 0.15) is 0 Å². The van der Waals surface area contributed by atoms with Crippen LogP contribution in [0.1, 0.15) is 52.7 Å². The first kappa shape index (κ1) is 24.0. The fraction of sp³-hybridized carbons (Fsp3) is 0.625. The van der Waals surface area contributed by atoms with E-state index in [9.17, 15) is 28.7 Å². The van der Waals surface area contributed by atoms with Crippen molar-refractivity contribution in [3.05, 3.63) is 35.2 Å². The predicted molar refractivity (Wildman–Crippen MR) is 103 cm³/mol. The van der Waals surface area contributed by atoms with Crippen LogP contribution in [0.4, 0.5) is 0 Å². The monoisotopic (exact) mass is 421 g/mol. The van der Waals surface area contributed by atoms with Crippen LogP contribution < -0.4 is 0 Å². The molecular formula is C16H29N3O6P2. The van der Waals surface area contributed by atoms with Gasteiger partial charge in [0.05, 0.1) is 5.69 Å². The molecular weight excluding hydrogens is 392 g/mol. The van der Waals surface area contributed by atoms with Crippen molar-refractivity contribution in [1.29, 1.82) is 0 Å². The first-order valence-corrected chi connectivity index (χ1v) is 11.8. The number of aromatic nitrogens is 3. The fourth-order valence-electron chi connectivity index (χ4n) is 2.38. The summed E-state index contributed by atoms with van der Waals surface area (Å²) >= 11 is 0. The molecule has 0 amide bonds. The first-order valence-electron chi connectivity index (χ1n) is 8.55. The summed E-state index contributed by atoms with van der Waals surface area (Å²) in [6.45, 7) is 7.55. The molecule has 1 heterocycles. The van der Waals surface area contributed by atoms with Crippen LogP contribution in [0.2, 0.25) is 0 Å². The molecule has 1 rings (SSSR count). The largest absolute Gasteiger partial charge is 0.343 e. The average molecular weight is 421 g/mol. The molecule has 1 aromatic heterocycles. The third kappa shape index (κ3) is 7.11. The topological polar surface area (TPSA) is 146 Å². The number of hydrogen-bond donors (Lipinski definition) is 4. The Kier molecular flexibility index (Phi) is 8.35. The highest BCUT2D eigenvalue weighted by atomic mass is 31.2. The molecule has 0 aliphatic carbocycles. The van der Waals surface area contributed by atoms with Gasteiger partial charge in [-0.2, -0.15) is 0 Å². The molecule has 0 radical (unpaired) electrons. The van der Waals surface area contributed by atoms with E-state index in [1.54, 1.807) is 0 Å². The zero-order valence-corrected chi connectivity index (χ0v) is 17.9. The van der Waals surface area contributed by atoms with E-state index in [1.807, 2.05) is 0 Å². The summed E-state index contributed by atoms with van der Waals surface area (Å²) < 4.78 is 24.7. The lowest BCUT2D eigenvalue weighted by Crippen LogP contribution is -2.28. The second-order valence-electron chi connectivity index (χ2n) is 7.11. The van der Waals surface area contributed by atoms with Crippen molar-refractivity contribution < 1.29 is 28.7 Å². The molecule has 1 aromatic rings. The zero-order chi connectivity index (χ0) is 20.9. The van der Waals surface area contributed by atoms with Crippen LogP contribution >= 0.6 is 15.2 Å². The minimum Gasteiger partial charge on any atom is -0.324 e. The lowest BCUT2D eigenvalue weighted by molar-refractivity contribution is 0.311. The quantitative estimate of drug-likeness (QED) is 0.333. The van der Waals surface area contributed by atoms with E-state index in [1.165, 1.54) is 22.0 Å².